The first-order valence-electron chi connectivity index (χ1n) is 13.7. The van der Waals surface area contributed by atoms with Crippen molar-refractivity contribution in [3.8, 4) is 0 Å². The summed E-state index contributed by atoms with van der Waals surface area (Å²) in [6.45, 7) is 12.0. The molecule has 2 aromatic rings. The molecule has 2 aromatic carbocycles. The third-order valence-electron chi connectivity index (χ3n) is 7.18. The third-order valence-corrected chi connectivity index (χ3v) is 7.18. The zero-order chi connectivity index (χ0) is 28.1. The van der Waals surface area contributed by atoms with Crippen molar-refractivity contribution in [1.29, 1.82) is 0 Å². The number of ether oxygens (including phenoxy) is 1. The van der Waals surface area contributed by atoms with E-state index >= 15 is 0 Å². The third kappa shape index (κ3) is 8.50. The minimum atomic E-state index is -1.03. The van der Waals surface area contributed by atoms with Crippen LogP contribution in [0, 0.1) is 11.6 Å². The Bertz CT molecular complexity index is 1070. The first-order chi connectivity index (χ1) is 17.7. The van der Waals surface area contributed by atoms with Gasteiger partial charge in [0.2, 0.25) is 0 Å². The van der Waals surface area contributed by atoms with Gasteiger partial charge in [0.05, 0.1) is 12.1 Å². The van der Waals surface area contributed by atoms with E-state index in [1.165, 1.54) is 29.7 Å². The van der Waals surface area contributed by atoms with Crippen molar-refractivity contribution < 1.29 is 23.4 Å². The first kappa shape index (κ1) is 30.0. The number of nitrogens with one attached hydrogen (secondary N) is 2. The molecule has 0 spiro atoms. The van der Waals surface area contributed by atoms with Crippen LogP contribution in [0.5, 0.6) is 0 Å². The Hall–Kier alpha value is -2.51. The summed E-state index contributed by atoms with van der Waals surface area (Å²) in [5.74, 6) is -1.41. The second kappa shape index (κ2) is 12.1. The summed E-state index contributed by atoms with van der Waals surface area (Å²) < 4.78 is 33.2. The molecule has 0 aliphatic heterocycles. The van der Waals surface area contributed by atoms with Gasteiger partial charge in [0.1, 0.15) is 17.2 Å². The first-order valence-corrected chi connectivity index (χ1v) is 13.7. The maximum atomic E-state index is 13.9. The van der Waals surface area contributed by atoms with Gasteiger partial charge < -0.3 is 20.5 Å². The number of rotatable bonds is 8. The van der Waals surface area contributed by atoms with Gasteiger partial charge in [-0.25, -0.2) is 13.6 Å². The zero-order valence-corrected chi connectivity index (χ0v) is 23.7. The number of amides is 1. The lowest BCUT2D eigenvalue weighted by atomic mass is 9.74. The summed E-state index contributed by atoms with van der Waals surface area (Å²) in [4.78, 5) is 12.6. The van der Waals surface area contributed by atoms with E-state index in [1.54, 1.807) is 20.8 Å². The van der Waals surface area contributed by atoms with Crippen LogP contribution in [0.1, 0.15) is 90.3 Å². The summed E-state index contributed by atoms with van der Waals surface area (Å²) in [5.41, 5.74) is 1.76. The van der Waals surface area contributed by atoms with E-state index in [2.05, 4.69) is 55.7 Å². The molecular weight excluding hydrogens is 486 g/mol. The highest BCUT2D eigenvalue weighted by molar-refractivity contribution is 5.68. The highest BCUT2D eigenvalue weighted by Gasteiger charge is 2.36. The van der Waals surface area contributed by atoms with Crippen LogP contribution in [-0.2, 0) is 22.1 Å². The Morgan fingerprint density at radius 3 is 2.21 bits per heavy atom. The number of carbonyl (C=O) groups excluding carboxylic acids is 1. The maximum absolute atomic E-state index is 13.9. The van der Waals surface area contributed by atoms with E-state index in [-0.39, 0.29) is 23.9 Å². The molecule has 0 bridgehead atoms. The van der Waals surface area contributed by atoms with Crippen molar-refractivity contribution >= 4 is 6.09 Å². The lowest BCUT2D eigenvalue weighted by molar-refractivity contribution is 0.0408. The molecule has 0 saturated heterocycles. The summed E-state index contributed by atoms with van der Waals surface area (Å²) >= 11 is 0. The second-order valence-electron chi connectivity index (χ2n) is 12.7. The number of hydrogen-bond donors (Lipinski definition) is 3. The van der Waals surface area contributed by atoms with Crippen molar-refractivity contribution in [2.24, 2.45) is 0 Å². The average molecular weight is 531 g/mol. The molecule has 3 rings (SSSR count). The predicted molar refractivity (Wildman–Crippen MR) is 147 cm³/mol. The van der Waals surface area contributed by atoms with Crippen molar-refractivity contribution in [3.63, 3.8) is 0 Å². The molecule has 210 valence electrons. The molecule has 38 heavy (non-hydrogen) atoms. The largest absolute Gasteiger partial charge is 0.444 e. The van der Waals surface area contributed by atoms with Gasteiger partial charge in [-0.05, 0) is 74.3 Å². The molecule has 1 aliphatic carbocycles. The van der Waals surface area contributed by atoms with E-state index in [1.807, 2.05) is 0 Å². The van der Waals surface area contributed by atoms with Crippen molar-refractivity contribution in [2.75, 3.05) is 6.54 Å². The highest BCUT2D eigenvalue weighted by atomic mass is 19.1. The molecule has 1 amide bonds. The van der Waals surface area contributed by atoms with Crippen LogP contribution in [0.4, 0.5) is 13.6 Å². The van der Waals surface area contributed by atoms with Crippen LogP contribution < -0.4 is 10.6 Å². The van der Waals surface area contributed by atoms with E-state index in [4.69, 9.17) is 4.74 Å². The van der Waals surface area contributed by atoms with Crippen LogP contribution in [0.15, 0.2) is 42.5 Å². The number of halogens is 2. The Morgan fingerprint density at radius 1 is 1.00 bits per heavy atom. The molecule has 7 heteroatoms. The quantitative estimate of drug-likeness (QED) is 0.364. The number of hydrogen-bond acceptors (Lipinski definition) is 4. The Labute approximate surface area is 226 Å². The van der Waals surface area contributed by atoms with E-state index in [0.717, 1.165) is 31.7 Å². The molecule has 3 N–H and O–H groups in total. The lowest BCUT2D eigenvalue weighted by Gasteiger charge is -2.41. The molecule has 5 nitrogen and oxygen atoms in total. The molecule has 1 fully saturated rings. The molecular formula is C31H44F2N2O3. The minimum Gasteiger partial charge on any atom is -0.444 e. The van der Waals surface area contributed by atoms with Crippen molar-refractivity contribution in [1.82, 2.24) is 10.6 Å². The molecule has 1 saturated carbocycles. The fourth-order valence-corrected chi connectivity index (χ4v) is 5.17. The minimum absolute atomic E-state index is 0.00798. The SMILES string of the molecule is CC(C)(C)OC(=O)NC(Cc1cc(F)cc(F)c1)C(O)CNC1(c2cccc(C(C)(C)C)c2)CCCCC1. The van der Waals surface area contributed by atoms with Crippen LogP contribution in [0.3, 0.4) is 0 Å². The van der Waals surface area contributed by atoms with E-state index < -0.39 is 35.5 Å². The smallest absolute Gasteiger partial charge is 0.407 e. The molecule has 2 atom stereocenters. The van der Waals surface area contributed by atoms with E-state index in [0.29, 0.717) is 5.56 Å². The topological polar surface area (TPSA) is 70.6 Å². The predicted octanol–water partition coefficient (Wildman–Crippen LogP) is 6.51. The number of benzene rings is 2. The monoisotopic (exact) mass is 530 g/mol. The zero-order valence-electron chi connectivity index (χ0n) is 23.7. The van der Waals surface area contributed by atoms with Crippen LogP contribution in [0.25, 0.3) is 0 Å². The lowest BCUT2D eigenvalue weighted by Crippen LogP contribution is -2.54. The molecule has 0 heterocycles. The summed E-state index contributed by atoms with van der Waals surface area (Å²) in [7, 11) is 0. The second-order valence-corrected chi connectivity index (χ2v) is 12.7. The molecule has 0 radical (unpaired) electrons. The van der Waals surface area contributed by atoms with Crippen LogP contribution >= 0.6 is 0 Å². The van der Waals surface area contributed by atoms with E-state index in [9.17, 15) is 18.7 Å². The van der Waals surface area contributed by atoms with Gasteiger partial charge in [-0.15, -0.1) is 0 Å². The van der Waals surface area contributed by atoms with Crippen LogP contribution in [-0.4, -0.2) is 35.5 Å². The number of carbonyl (C=O) groups is 1. The maximum Gasteiger partial charge on any atom is 0.407 e. The summed E-state index contributed by atoms with van der Waals surface area (Å²) in [6, 6.07) is 11.1. The summed E-state index contributed by atoms with van der Waals surface area (Å²) in [5, 5.41) is 17.7. The Kier molecular flexibility index (Phi) is 9.58. The van der Waals surface area contributed by atoms with Gasteiger partial charge in [-0.1, -0.05) is 64.3 Å². The average Bonchev–Trinajstić information content (AvgIpc) is 2.80. The van der Waals surface area contributed by atoms with Crippen molar-refractivity contribution in [2.45, 2.75) is 109 Å². The van der Waals surface area contributed by atoms with Gasteiger partial charge in [0.25, 0.3) is 0 Å². The fraction of sp³-hybridized carbons (Fsp3) is 0.581. The summed E-state index contributed by atoms with van der Waals surface area (Å²) in [6.07, 6.45) is 3.51. The fourth-order valence-electron chi connectivity index (χ4n) is 5.17. The molecule has 0 aromatic heterocycles. The van der Waals surface area contributed by atoms with Gasteiger partial charge in [-0.3, -0.25) is 0 Å². The van der Waals surface area contributed by atoms with Gasteiger partial charge >= 0.3 is 6.09 Å². The molecule has 1 aliphatic rings. The van der Waals surface area contributed by atoms with Gasteiger partial charge in [0, 0.05) is 18.2 Å². The number of aliphatic hydroxyl groups excluding tert-OH is 1. The van der Waals surface area contributed by atoms with Crippen LogP contribution in [0.2, 0.25) is 0 Å². The Balaban J connectivity index is 1.84. The molecule has 2 unspecified atom stereocenters. The Morgan fingerprint density at radius 2 is 1.63 bits per heavy atom. The number of alkyl carbamates (subject to hydrolysis) is 1. The normalized spacial score (nSPS) is 17.5. The van der Waals surface area contributed by atoms with Crippen molar-refractivity contribution in [3.05, 3.63) is 70.8 Å². The van der Waals surface area contributed by atoms with Gasteiger partial charge in [-0.2, -0.15) is 0 Å². The number of aliphatic hydroxyl groups is 1. The highest BCUT2D eigenvalue weighted by Crippen LogP contribution is 2.38. The standard InChI is InChI=1S/C31H44F2N2O3/c1-29(2,3)22-11-10-12-23(18-22)31(13-8-7-9-14-31)34-20-27(36)26(35-28(37)38-30(4,5)6)17-21-15-24(32)19-25(33)16-21/h10-12,15-16,18-19,26-27,34,36H,7-9,13-14,17,20H2,1-6H3,(H,35,37). The van der Waals surface area contributed by atoms with Gasteiger partial charge in [0.15, 0.2) is 0 Å².